The van der Waals surface area contributed by atoms with E-state index in [9.17, 15) is 10.1 Å². The molecule has 2 N–H and O–H groups in total. The predicted octanol–water partition coefficient (Wildman–Crippen LogP) is 1.80. The van der Waals surface area contributed by atoms with Gasteiger partial charge in [-0.15, -0.1) is 0 Å². The van der Waals surface area contributed by atoms with Crippen LogP contribution in [0.25, 0.3) is 0 Å². The zero-order valence-electron chi connectivity index (χ0n) is 11.5. The second-order valence-electron chi connectivity index (χ2n) is 4.64. The van der Waals surface area contributed by atoms with Crippen LogP contribution in [0.2, 0.25) is 0 Å². The van der Waals surface area contributed by atoms with Crippen molar-refractivity contribution in [3.05, 3.63) is 16.3 Å². The Kier molecular flexibility index (Phi) is 5.05. The fraction of sp³-hybridized carbons (Fsp3) is 0.667. The maximum Gasteiger partial charge on any atom is 0.329 e. The first-order valence-corrected chi connectivity index (χ1v) is 6.75. The standard InChI is InChI=1S/C12H19N5O3/c1-13-12-15-8-10(17(18)19)11(16-12)14-6-7-20-9-4-2-3-5-9/h8-9H,2-7H2,1H3,(H2,13,14,15,16). The lowest BCUT2D eigenvalue weighted by molar-refractivity contribution is -0.384. The molecule has 0 amide bonds. The molecule has 110 valence electrons. The summed E-state index contributed by atoms with van der Waals surface area (Å²) in [5.74, 6) is 0.555. The molecule has 0 unspecified atom stereocenters. The Morgan fingerprint density at radius 3 is 2.90 bits per heavy atom. The molecule has 0 aliphatic heterocycles. The molecule has 1 aliphatic carbocycles. The van der Waals surface area contributed by atoms with Crippen LogP contribution in [0.15, 0.2) is 6.20 Å². The number of ether oxygens (including phenoxy) is 1. The van der Waals surface area contributed by atoms with Gasteiger partial charge in [-0.25, -0.2) is 4.98 Å². The van der Waals surface area contributed by atoms with Gasteiger partial charge in [0.15, 0.2) is 0 Å². The van der Waals surface area contributed by atoms with Crippen LogP contribution in [0.1, 0.15) is 25.7 Å². The van der Waals surface area contributed by atoms with Crippen molar-refractivity contribution < 1.29 is 9.66 Å². The van der Waals surface area contributed by atoms with E-state index in [1.54, 1.807) is 7.05 Å². The smallest absolute Gasteiger partial charge is 0.329 e. The fourth-order valence-electron chi connectivity index (χ4n) is 2.21. The van der Waals surface area contributed by atoms with Crippen LogP contribution in [0.5, 0.6) is 0 Å². The van der Waals surface area contributed by atoms with Gasteiger partial charge in [0.2, 0.25) is 11.8 Å². The summed E-state index contributed by atoms with van der Waals surface area (Å²) >= 11 is 0. The minimum Gasteiger partial charge on any atom is -0.376 e. The second kappa shape index (κ2) is 6.99. The summed E-state index contributed by atoms with van der Waals surface area (Å²) in [5, 5.41) is 16.6. The summed E-state index contributed by atoms with van der Waals surface area (Å²) in [7, 11) is 1.66. The highest BCUT2D eigenvalue weighted by Gasteiger charge is 2.18. The van der Waals surface area contributed by atoms with Crippen LogP contribution in [0.3, 0.4) is 0 Å². The summed E-state index contributed by atoms with van der Waals surface area (Å²) in [6.07, 6.45) is 6.20. The van der Waals surface area contributed by atoms with Crippen molar-refractivity contribution in [3.8, 4) is 0 Å². The van der Waals surface area contributed by atoms with Crippen LogP contribution in [0, 0.1) is 10.1 Å². The minimum absolute atomic E-state index is 0.134. The first-order chi connectivity index (χ1) is 9.70. The predicted molar refractivity (Wildman–Crippen MR) is 74.9 cm³/mol. The van der Waals surface area contributed by atoms with E-state index in [-0.39, 0.29) is 11.5 Å². The first-order valence-electron chi connectivity index (χ1n) is 6.75. The highest BCUT2D eigenvalue weighted by atomic mass is 16.6. The number of nitro groups is 1. The van der Waals surface area contributed by atoms with Crippen molar-refractivity contribution in [1.82, 2.24) is 9.97 Å². The summed E-state index contributed by atoms with van der Waals surface area (Å²) in [4.78, 5) is 18.3. The molecule has 0 spiro atoms. The van der Waals surface area contributed by atoms with Gasteiger partial charge in [-0.3, -0.25) is 10.1 Å². The molecule has 0 atom stereocenters. The number of hydrogen-bond acceptors (Lipinski definition) is 7. The summed E-state index contributed by atoms with van der Waals surface area (Å²) in [6.45, 7) is 0.998. The molecular weight excluding hydrogens is 262 g/mol. The number of rotatable bonds is 7. The number of anilines is 2. The van der Waals surface area contributed by atoms with E-state index in [2.05, 4.69) is 20.6 Å². The Hall–Kier alpha value is -1.96. The van der Waals surface area contributed by atoms with E-state index in [0.717, 1.165) is 12.8 Å². The van der Waals surface area contributed by atoms with Gasteiger partial charge in [0.25, 0.3) is 0 Å². The Morgan fingerprint density at radius 1 is 1.50 bits per heavy atom. The molecule has 0 saturated heterocycles. The summed E-state index contributed by atoms with van der Waals surface area (Å²) < 4.78 is 5.69. The van der Waals surface area contributed by atoms with Crippen LogP contribution in [-0.2, 0) is 4.74 Å². The van der Waals surface area contributed by atoms with Gasteiger partial charge in [0, 0.05) is 13.6 Å². The Labute approximate surface area is 117 Å². The van der Waals surface area contributed by atoms with E-state index >= 15 is 0 Å². The molecule has 1 aliphatic rings. The Bertz CT molecular complexity index is 462. The molecule has 1 fully saturated rings. The third-order valence-electron chi connectivity index (χ3n) is 3.24. The van der Waals surface area contributed by atoms with Gasteiger partial charge < -0.3 is 15.4 Å². The fourth-order valence-corrected chi connectivity index (χ4v) is 2.21. The van der Waals surface area contributed by atoms with Gasteiger partial charge in [-0.1, -0.05) is 12.8 Å². The van der Waals surface area contributed by atoms with E-state index in [4.69, 9.17) is 4.74 Å². The van der Waals surface area contributed by atoms with Crippen LogP contribution in [-0.4, -0.2) is 41.2 Å². The van der Waals surface area contributed by atoms with Gasteiger partial charge in [0.1, 0.15) is 6.20 Å². The quantitative estimate of drug-likeness (QED) is 0.446. The highest BCUT2D eigenvalue weighted by molar-refractivity contribution is 5.56. The third kappa shape index (κ3) is 3.77. The summed E-state index contributed by atoms with van der Waals surface area (Å²) in [6, 6.07) is 0. The molecule has 8 nitrogen and oxygen atoms in total. The molecule has 0 aromatic carbocycles. The van der Waals surface area contributed by atoms with E-state index in [1.807, 2.05) is 0 Å². The van der Waals surface area contributed by atoms with Crippen molar-refractivity contribution in [2.24, 2.45) is 0 Å². The maximum atomic E-state index is 10.9. The molecule has 0 bridgehead atoms. The van der Waals surface area contributed by atoms with Crippen LogP contribution < -0.4 is 10.6 Å². The number of aromatic nitrogens is 2. The van der Waals surface area contributed by atoms with Crippen molar-refractivity contribution in [3.63, 3.8) is 0 Å². The number of hydrogen-bond donors (Lipinski definition) is 2. The molecule has 2 rings (SSSR count). The largest absolute Gasteiger partial charge is 0.376 e. The van der Waals surface area contributed by atoms with Gasteiger partial charge >= 0.3 is 5.69 Å². The molecule has 1 heterocycles. The average molecular weight is 281 g/mol. The zero-order chi connectivity index (χ0) is 14.4. The Balaban J connectivity index is 1.88. The number of nitrogens with one attached hydrogen (secondary N) is 2. The summed E-state index contributed by atoms with van der Waals surface area (Å²) in [5.41, 5.74) is -0.134. The molecular formula is C12H19N5O3. The van der Waals surface area contributed by atoms with Gasteiger partial charge in [-0.2, -0.15) is 4.98 Å². The SMILES string of the molecule is CNc1ncc([N+](=O)[O-])c(NCCOC2CCCC2)n1. The van der Waals surface area contributed by atoms with Crippen molar-refractivity contribution >= 4 is 17.5 Å². The molecule has 1 saturated carbocycles. The second-order valence-corrected chi connectivity index (χ2v) is 4.64. The lowest BCUT2D eigenvalue weighted by Gasteiger charge is -2.12. The Morgan fingerprint density at radius 2 is 2.25 bits per heavy atom. The molecule has 8 heteroatoms. The van der Waals surface area contributed by atoms with Crippen molar-refractivity contribution in [1.29, 1.82) is 0 Å². The molecule has 20 heavy (non-hydrogen) atoms. The zero-order valence-corrected chi connectivity index (χ0v) is 11.5. The molecule has 0 radical (unpaired) electrons. The minimum atomic E-state index is -0.500. The molecule has 1 aromatic rings. The molecule has 1 aromatic heterocycles. The van der Waals surface area contributed by atoms with Gasteiger partial charge in [-0.05, 0) is 12.8 Å². The lowest BCUT2D eigenvalue weighted by Crippen LogP contribution is -2.17. The van der Waals surface area contributed by atoms with Crippen molar-refractivity contribution in [2.45, 2.75) is 31.8 Å². The maximum absolute atomic E-state index is 10.9. The van der Waals surface area contributed by atoms with E-state index in [1.165, 1.54) is 19.0 Å². The normalized spacial score (nSPS) is 15.2. The van der Waals surface area contributed by atoms with E-state index in [0.29, 0.717) is 25.2 Å². The third-order valence-corrected chi connectivity index (χ3v) is 3.24. The highest BCUT2D eigenvalue weighted by Crippen LogP contribution is 2.22. The number of nitrogens with zero attached hydrogens (tertiary/aromatic N) is 3. The van der Waals surface area contributed by atoms with Crippen LogP contribution in [0.4, 0.5) is 17.5 Å². The van der Waals surface area contributed by atoms with Crippen LogP contribution >= 0.6 is 0 Å². The average Bonchev–Trinajstić information content (AvgIpc) is 2.96. The lowest BCUT2D eigenvalue weighted by atomic mass is 10.3. The monoisotopic (exact) mass is 281 g/mol. The topological polar surface area (TPSA) is 102 Å². The van der Waals surface area contributed by atoms with Gasteiger partial charge in [0.05, 0.1) is 17.6 Å². The van der Waals surface area contributed by atoms with Crippen molar-refractivity contribution in [2.75, 3.05) is 30.8 Å². The first kappa shape index (κ1) is 14.4. The van der Waals surface area contributed by atoms with E-state index < -0.39 is 4.92 Å².